The van der Waals surface area contributed by atoms with Crippen molar-refractivity contribution in [2.75, 3.05) is 56.6 Å². The van der Waals surface area contributed by atoms with Crippen LogP contribution in [0.2, 0.25) is 0 Å². The first-order chi connectivity index (χ1) is 15.0. The molecule has 2 aromatic rings. The zero-order chi connectivity index (χ0) is 22.2. The van der Waals surface area contributed by atoms with Gasteiger partial charge in [-0.25, -0.2) is 4.98 Å². The van der Waals surface area contributed by atoms with Crippen molar-refractivity contribution in [3.63, 3.8) is 0 Å². The van der Waals surface area contributed by atoms with E-state index < -0.39 is 0 Å². The van der Waals surface area contributed by atoms with Crippen LogP contribution >= 0.6 is 22.9 Å². The molecule has 0 saturated carbocycles. The van der Waals surface area contributed by atoms with Crippen molar-refractivity contribution in [1.29, 1.82) is 0 Å². The third-order valence-electron chi connectivity index (χ3n) is 5.03. The molecular weight excluding hydrogens is 440 g/mol. The number of thiazole rings is 1. The molecule has 8 nitrogen and oxygen atoms in total. The summed E-state index contributed by atoms with van der Waals surface area (Å²) in [5, 5.41) is 8.14. The molecule has 31 heavy (non-hydrogen) atoms. The lowest BCUT2D eigenvalue weighted by molar-refractivity contribution is 0.0938. The summed E-state index contributed by atoms with van der Waals surface area (Å²) in [5.41, 5.74) is 2.04. The van der Waals surface area contributed by atoms with Gasteiger partial charge in [-0.15, -0.1) is 22.9 Å². The third kappa shape index (κ3) is 6.16. The molecular formula is C21H27ClN4O4S. The summed E-state index contributed by atoms with van der Waals surface area (Å²) in [4.78, 5) is 32.1. The Morgan fingerprint density at radius 1 is 1.32 bits per heavy atom. The van der Waals surface area contributed by atoms with Gasteiger partial charge in [0.15, 0.2) is 5.13 Å². The highest BCUT2D eigenvalue weighted by Crippen LogP contribution is 2.26. The molecule has 1 aromatic heterocycles. The highest BCUT2D eigenvalue weighted by Gasteiger charge is 2.25. The molecule has 168 valence electrons. The molecule has 1 unspecified atom stereocenters. The van der Waals surface area contributed by atoms with E-state index >= 15 is 0 Å². The molecule has 0 aliphatic carbocycles. The summed E-state index contributed by atoms with van der Waals surface area (Å²) in [6.45, 7) is 2.38. The molecule has 1 aliphatic rings. The molecule has 0 spiro atoms. The van der Waals surface area contributed by atoms with Crippen molar-refractivity contribution in [2.24, 2.45) is 0 Å². The van der Waals surface area contributed by atoms with E-state index in [-0.39, 0.29) is 17.9 Å². The van der Waals surface area contributed by atoms with Crippen LogP contribution in [-0.4, -0.2) is 69.2 Å². The first kappa shape index (κ1) is 23.5. The Labute approximate surface area is 190 Å². The van der Waals surface area contributed by atoms with Crippen molar-refractivity contribution < 1.29 is 19.1 Å². The van der Waals surface area contributed by atoms with Gasteiger partial charge < -0.3 is 25.0 Å². The number of hydrogen-bond acceptors (Lipinski definition) is 7. The molecule has 1 atom stereocenters. The van der Waals surface area contributed by atoms with Crippen LogP contribution in [0.1, 0.15) is 32.8 Å². The third-order valence-corrected chi connectivity index (χ3v) is 6.12. The van der Waals surface area contributed by atoms with Crippen LogP contribution in [0, 0.1) is 0 Å². The number of aryl methyl sites for hydroxylation is 1. The van der Waals surface area contributed by atoms with Crippen LogP contribution in [0.15, 0.2) is 23.6 Å². The van der Waals surface area contributed by atoms with Gasteiger partial charge in [-0.2, -0.15) is 0 Å². The van der Waals surface area contributed by atoms with Crippen LogP contribution in [0.25, 0.3) is 0 Å². The monoisotopic (exact) mass is 466 g/mol. The lowest BCUT2D eigenvalue weighted by Crippen LogP contribution is -2.28. The maximum absolute atomic E-state index is 12.8. The van der Waals surface area contributed by atoms with E-state index in [1.165, 1.54) is 11.3 Å². The van der Waals surface area contributed by atoms with E-state index in [9.17, 15) is 9.59 Å². The molecule has 0 radical (unpaired) electrons. The quantitative estimate of drug-likeness (QED) is 0.413. The number of benzene rings is 1. The molecule has 2 amide bonds. The lowest BCUT2D eigenvalue weighted by atomic mass is 10.1. The standard InChI is InChI=1S/C21H27ClN4O4S/c1-29-10-8-23-19(27)16-11-14(5-7-22)3-4-17(16)24-20(28)18-13-31-21(25-18)26-9-6-15(12-26)30-2/h3-4,11,13,15H,5-10,12H2,1-2H3,(H,23,27)(H,24,28). The molecule has 1 aliphatic heterocycles. The number of anilines is 2. The second kappa shape index (κ2) is 11.4. The summed E-state index contributed by atoms with van der Waals surface area (Å²) < 4.78 is 10.4. The Morgan fingerprint density at radius 2 is 2.16 bits per heavy atom. The average Bonchev–Trinajstić information content (AvgIpc) is 3.44. The van der Waals surface area contributed by atoms with Crippen molar-refractivity contribution >= 4 is 45.6 Å². The highest BCUT2D eigenvalue weighted by atomic mass is 35.5. The van der Waals surface area contributed by atoms with Crippen molar-refractivity contribution in [3.05, 3.63) is 40.4 Å². The summed E-state index contributed by atoms with van der Waals surface area (Å²) in [6.07, 6.45) is 1.75. The predicted octanol–water partition coefficient (Wildman–Crippen LogP) is 2.78. The number of rotatable bonds is 10. The normalized spacial score (nSPS) is 15.8. The SMILES string of the molecule is COCCNC(=O)c1cc(CCCl)ccc1NC(=O)c1csc(N2CCC(OC)C2)n1. The maximum atomic E-state index is 12.8. The van der Waals surface area contributed by atoms with E-state index in [1.54, 1.807) is 31.7 Å². The number of amides is 2. The fourth-order valence-corrected chi connectivity index (χ4v) is 4.37. The van der Waals surface area contributed by atoms with Gasteiger partial charge >= 0.3 is 0 Å². The Morgan fingerprint density at radius 3 is 2.87 bits per heavy atom. The number of carbonyl (C=O) groups excluding carboxylic acids is 2. The van der Waals surface area contributed by atoms with Gasteiger partial charge in [0, 0.05) is 45.1 Å². The Balaban J connectivity index is 1.73. The number of aromatic nitrogens is 1. The summed E-state index contributed by atoms with van der Waals surface area (Å²) in [6, 6.07) is 5.33. The minimum atomic E-state index is -0.360. The molecule has 1 aromatic carbocycles. The second-order valence-electron chi connectivity index (χ2n) is 7.13. The van der Waals surface area contributed by atoms with E-state index in [0.717, 1.165) is 30.2 Å². The lowest BCUT2D eigenvalue weighted by Gasteiger charge is -2.14. The van der Waals surface area contributed by atoms with Crippen LogP contribution in [0.3, 0.4) is 0 Å². The van der Waals surface area contributed by atoms with E-state index in [2.05, 4.69) is 20.5 Å². The van der Waals surface area contributed by atoms with Gasteiger partial charge in [0.2, 0.25) is 0 Å². The van der Waals surface area contributed by atoms with Crippen molar-refractivity contribution in [2.45, 2.75) is 18.9 Å². The molecule has 10 heteroatoms. The summed E-state index contributed by atoms with van der Waals surface area (Å²) >= 11 is 7.27. The topological polar surface area (TPSA) is 92.8 Å². The fraction of sp³-hybridized carbons (Fsp3) is 0.476. The largest absolute Gasteiger partial charge is 0.383 e. The van der Waals surface area contributed by atoms with Crippen LogP contribution in [0.5, 0.6) is 0 Å². The molecule has 3 rings (SSSR count). The van der Waals surface area contributed by atoms with Gasteiger partial charge in [-0.05, 0) is 30.5 Å². The number of halogens is 1. The summed E-state index contributed by atoms with van der Waals surface area (Å²) in [7, 11) is 3.27. The number of alkyl halides is 1. The van der Waals surface area contributed by atoms with Crippen molar-refractivity contribution in [1.82, 2.24) is 10.3 Å². The predicted molar refractivity (Wildman–Crippen MR) is 123 cm³/mol. The first-order valence-corrected chi connectivity index (χ1v) is 11.5. The summed E-state index contributed by atoms with van der Waals surface area (Å²) in [5.74, 6) is -0.204. The molecule has 0 bridgehead atoms. The average molecular weight is 467 g/mol. The second-order valence-corrected chi connectivity index (χ2v) is 8.34. The minimum absolute atomic E-state index is 0.187. The van der Waals surface area contributed by atoms with E-state index in [1.807, 2.05) is 6.07 Å². The minimum Gasteiger partial charge on any atom is -0.383 e. The molecule has 2 heterocycles. The van der Waals surface area contributed by atoms with Crippen LogP contribution < -0.4 is 15.5 Å². The van der Waals surface area contributed by atoms with Crippen LogP contribution in [0.4, 0.5) is 10.8 Å². The van der Waals surface area contributed by atoms with Crippen molar-refractivity contribution in [3.8, 4) is 0 Å². The number of nitrogens with zero attached hydrogens (tertiary/aromatic N) is 2. The number of ether oxygens (including phenoxy) is 2. The molecule has 1 fully saturated rings. The molecule has 1 saturated heterocycles. The van der Waals surface area contributed by atoms with Gasteiger partial charge in [0.1, 0.15) is 5.69 Å². The number of nitrogens with one attached hydrogen (secondary N) is 2. The Hall–Kier alpha value is -2.20. The smallest absolute Gasteiger partial charge is 0.275 e. The number of carbonyl (C=O) groups is 2. The molecule has 2 N–H and O–H groups in total. The van der Waals surface area contributed by atoms with Crippen LogP contribution in [-0.2, 0) is 15.9 Å². The number of hydrogen-bond donors (Lipinski definition) is 2. The van der Waals surface area contributed by atoms with Gasteiger partial charge in [0.05, 0.1) is 24.0 Å². The van der Waals surface area contributed by atoms with Gasteiger partial charge in [-0.1, -0.05) is 6.07 Å². The zero-order valence-electron chi connectivity index (χ0n) is 17.7. The zero-order valence-corrected chi connectivity index (χ0v) is 19.2. The highest BCUT2D eigenvalue weighted by molar-refractivity contribution is 7.14. The van der Waals surface area contributed by atoms with E-state index in [4.69, 9.17) is 21.1 Å². The first-order valence-electron chi connectivity index (χ1n) is 10.1. The fourth-order valence-electron chi connectivity index (χ4n) is 3.31. The van der Waals surface area contributed by atoms with E-state index in [0.29, 0.717) is 42.4 Å². The maximum Gasteiger partial charge on any atom is 0.275 e. The van der Waals surface area contributed by atoms with Gasteiger partial charge in [-0.3, -0.25) is 9.59 Å². The Kier molecular flexibility index (Phi) is 8.65. The number of methoxy groups -OCH3 is 2. The van der Waals surface area contributed by atoms with Gasteiger partial charge in [0.25, 0.3) is 11.8 Å². The Bertz CT molecular complexity index is 907.